The maximum absolute atomic E-state index is 5.91. The third-order valence-corrected chi connectivity index (χ3v) is 4.28. The van der Waals surface area contributed by atoms with Gasteiger partial charge < -0.3 is 14.2 Å². The lowest BCUT2D eigenvalue weighted by molar-refractivity contribution is 0.324. The molecule has 0 radical (unpaired) electrons. The molecule has 0 aliphatic heterocycles. The van der Waals surface area contributed by atoms with Crippen LogP contribution in [0.1, 0.15) is 5.56 Å². The van der Waals surface area contributed by atoms with Crippen LogP contribution in [0.25, 0.3) is 11.4 Å². The highest BCUT2D eigenvalue weighted by atomic mass is 35.5. The Hall–Kier alpha value is -2.84. The van der Waals surface area contributed by atoms with Crippen LogP contribution in [0.2, 0.25) is 5.02 Å². The van der Waals surface area contributed by atoms with Gasteiger partial charge in [0, 0.05) is 10.6 Å². The van der Waals surface area contributed by atoms with E-state index >= 15 is 0 Å². The average molecular weight is 405 g/mol. The Morgan fingerprint density at radius 1 is 1.07 bits per heavy atom. The van der Waals surface area contributed by atoms with Gasteiger partial charge in [-0.25, -0.2) is 5.10 Å². The zero-order valence-electron chi connectivity index (χ0n) is 14.9. The van der Waals surface area contributed by atoms with E-state index in [1.807, 2.05) is 12.1 Å². The highest BCUT2D eigenvalue weighted by molar-refractivity contribution is 7.71. The number of H-pyrrole nitrogens is 1. The van der Waals surface area contributed by atoms with Gasteiger partial charge in [-0.15, -0.1) is 0 Å². The van der Waals surface area contributed by atoms with E-state index in [2.05, 4.69) is 15.3 Å². The van der Waals surface area contributed by atoms with Crippen molar-refractivity contribution in [1.82, 2.24) is 14.9 Å². The van der Waals surface area contributed by atoms with Crippen LogP contribution in [-0.4, -0.2) is 42.4 Å². The maximum Gasteiger partial charge on any atom is 0.216 e. The van der Waals surface area contributed by atoms with Gasteiger partial charge in [-0.2, -0.15) is 14.9 Å². The Bertz CT molecular complexity index is 1000. The second-order valence-electron chi connectivity index (χ2n) is 5.37. The number of nitrogens with zero attached hydrogens (tertiary/aromatic N) is 3. The Kier molecular flexibility index (Phi) is 5.78. The first kappa shape index (κ1) is 18.9. The molecule has 0 spiro atoms. The fourth-order valence-corrected chi connectivity index (χ4v) is 2.77. The first-order chi connectivity index (χ1) is 13.1. The smallest absolute Gasteiger partial charge is 0.216 e. The zero-order valence-corrected chi connectivity index (χ0v) is 16.5. The summed E-state index contributed by atoms with van der Waals surface area (Å²) in [5.74, 6) is 2.02. The quantitative estimate of drug-likeness (QED) is 0.493. The van der Waals surface area contributed by atoms with E-state index in [1.54, 1.807) is 51.8 Å². The molecule has 1 N–H and O–H groups in total. The van der Waals surface area contributed by atoms with Crippen molar-refractivity contribution in [3.63, 3.8) is 0 Å². The molecule has 0 bridgehead atoms. The SMILES string of the molecule is COc1cc(-c2n[nH]c(=S)n2/N=C\c2ccc(Cl)cc2)cc(OC)c1OC. The van der Waals surface area contributed by atoms with Crippen LogP contribution >= 0.6 is 23.8 Å². The van der Waals surface area contributed by atoms with E-state index in [0.717, 1.165) is 5.56 Å². The van der Waals surface area contributed by atoms with Gasteiger partial charge in [0.1, 0.15) is 0 Å². The largest absolute Gasteiger partial charge is 0.493 e. The van der Waals surface area contributed by atoms with Crippen LogP contribution in [0, 0.1) is 4.77 Å². The van der Waals surface area contributed by atoms with Crippen molar-refractivity contribution in [2.75, 3.05) is 21.3 Å². The summed E-state index contributed by atoms with van der Waals surface area (Å²) < 4.78 is 18.0. The highest BCUT2D eigenvalue weighted by Gasteiger charge is 2.17. The first-order valence-corrected chi connectivity index (χ1v) is 8.63. The van der Waals surface area contributed by atoms with Crippen molar-refractivity contribution in [2.24, 2.45) is 5.10 Å². The molecule has 2 aromatic carbocycles. The van der Waals surface area contributed by atoms with Crippen LogP contribution < -0.4 is 14.2 Å². The van der Waals surface area contributed by atoms with Gasteiger partial charge in [0.2, 0.25) is 10.5 Å². The lowest BCUT2D eigenvalue weighted by Gasteiger charge is -2.13. The number of methoxy groups -OCH3 is 3. The van der Waals surface area contributed by atoms with Crippen molar-refractivity contribution in [3.05, 3.63) is 51.8 Å². The third-order valence-electron chi connectivity index (χ3n) is 3.77. The Balaban J connectivity index is 2.06. The molecule has 0 amide bonds. The summed E-state index contributed by atoms with van der Waals surface area (Å²) in [5.41, 5.74) is 1.57. The summed E-state index contributed by atoms with van der Waals surface area (Å²) in [6.45, 7) is 0. The van der Waals surface area contributed by atoms with Crippen molar-refractivity contribution in [3.8, 4) is 28.6 Å². The number of nitrogens with one attached hydrogen (secondary N) is 1. The van der Waals surface area contributed by atoms with E-state index in [-0.39, 0.29) is 0 Å². The molecule has 0 fully saturated rings. The molecule has 3 aromatic rings. The van der Waals surface area contributed by atoms with Crippen molar-refractivity contribution in [2.45, 2.75) is 0 Å². The molecule has 0 saturated heterocycles. The number of ether oxygens (including phenoxy) is 3. The summed E-state index contributed by atoms with van der Waals surface area (Å²) >= 11 is 11.2. The molecule has 140 valence electrons. The number of halogens is 1. The van der Waals surface area contributed by atoms with E-state index < -0.39 is 0 Å². The van der Waals surface area contributed by atoms with E-state index in [0.29, 0.717) is 38.4 Å². The molecule has 0 aliphatic rings. The molecule has 0 atom stereocenters. The summed E-state index contributed by atoms with van der Waals surface area (Å²) in [6, 6.07) is 10.8. The molecule has 0 saturated carbocycles. The maximum atomic E-state index is 5.91. The van der Waals surface area contributed by atoms with Crippen molar-refractivity contribution >= 4 is 30.0 Å². The minimum Gasteiger partial charge on any atom is -0.493 e. The topological polar surface area (TPSA) is 73.7 Å². The van der Waals surface area contributed by atoms with Crippen LogP contribution in [0.3, 0.4) is 0 Å². The van der Waals surface area contributed by atoms with Crippen molar-refractivity contribution in [1.29, 1.82) is 0 Å². The van der Waals surface area contributed by atoms with Gasteiger partial charge in [0.25, 0.3) is 0 Å². The standard InChI is InChI=1S/C18H17ClN4O3S/c1-24-14-8-12(9-15(25-2)16(14)26-3)17-21-22-18(27)23(17)20-10-11-4-6-13(19)7-5-11/h4-10H,1-3H3,(H,22,27)/b20-10-. The number of hydrogen-bond donors (Lipinski definition) is 1. The number of aromatic amines is 1. The van der Waals surface area contributed by atoms with Gasteiger partial charge in [0.05, 0.1) is 27.5 Å². The van der Waals surface area contributed by atoms with Crippen LogP contribution in [0.4, 0.5) is 0 Å². The predicted molar refractivity (Wildman–Crippen MR) is 107 cm³/mol. The van der Waals surface area contributed by atoms with Crippen molar-refractivity contribution < 1.29 is 14.2 Å². The van der Waals surface area contributed by atoms with Gasteiger partial charge in [-0.05, 0) is 42.0 Å². The molecule has 0 unspecified atom stereocenters. The second kappa shape index (κ2) is 8.24. The summed E-state index contributed by atoms with van der Waals surface area (Å²) in [7, 11) is 4.65. The summed E-state index contributed by atoms with van der Waals surface area (Å²) in [5, 5.41) is 12.1. The van der Waals surface area contributed by atoms with E-state index in [1.165, 1.54) is 4.68 Å². The molecule has 1 aromatic heterocycles. The van der Waals surface area contributed by atoms with Crippen LogP contribution in [0.15, 0.2) is 41.5 Å². The molecule has 3 rings (SSSR count). The molecule has 0 aliphatic carbocycles. The zero-order chi connectivity index (χ0) is 19.4. The predicted octanol–water partition coefficient (Wildman–Crippen LogP) is 4.17. The first-order valence-electron chi connectivity index (χ1n) is 7.85. The minimum absolute atomic E-state index is 0.351. The van der Waals surface area contributed by atoms with Gasteiger partial charge >= 0.3 is 0 Å². The average Bonchev–Trinajstić information content (AvgIpc) is 3.06. The number of hydrogen-bond acceptors (Lipinski definition) is 6. The number of benzene rings is 2. The Morgan fingerprint density at radius 3 is 2.26 bits per heavy atom. The van der Waals surface area contributed by atoms with Gasteiger partial charge in [-0.1, -0.05) is 23.7 Å². The molecular formula is C18H17ClN4O3S. The van der Waals surface area contributed by atoms with Gasteiger partial charge in [-0.3, -0.25) is 0 Å². The van der Waals surface area contributed by atoms with Crippen LogP contribution in [0.5, 0.6) is 17.2 Å². The highest BCUT2D eigenvalue weighted by Crippen LogP contribution is 2.40. The normalized spacial score (nSPS) is 11.0. The lowest BCUT2D eigenvalue weighted by atomic mass is 10.1. The fourth-order valence-electron chi connectivity index (χ4n) is 2.47. The third kappa shape index (κ3) is 3.96. The van der Waals surface area contributed by atoms with Crippen LogP contribution in [-0.2, 0) is 0 Å². The number of rotatable bonds is 6. The lowest BCUT2D eigenvalue weighted by Crippen LogP contribution is -1.99. The molecule has 27 heavy (non-hydrogen) atoms. The molecular weight excluding hydrogens is 388 g/mol. The second-order valence-corrected chi connectivity index (χ2v) is 6.20. The molecule has 9 heteroatoms. The van der Waals surface area contributed by atoms with E-state index in [4.69, 9.17) is 38.0 Å². The van der Waals surface area contributed by atoms with E-state index in [9.17, 15) is 0 Å². The Labute approximate surface area is 166 Å². The monoisotopic (exact) mass is 404 g/mol. The summed E-state index contributed by atoms with van der Waals surface area (Å²) in [6.07, 6.45) is 1.67. The fraction of sp³-hybridized carbons (Fsp3) is 0.167. The molecule has 1 heterocycles. The minimum atomic E-state index is 0.351. The number of aromatic nitrogens is 3. The molecule has 7 nitrogen and oxygen atoms in total. The summed E-state index contributed by atoms with van der Waals surface area (Å²) in [4.78, 5) is 0. The van der Waals surface area contributed by atoms with Gasteiger partial charge in [0.15, 0.2) is 17.3 Å². The Morgan fingerprint density at radius 2 is 1.70 bits per heavy atom.